The van der Waals surface area contributed by atoms with E-state index in [9.17, 15) is 4.79 Å². The van der Waals surface area contributed by atoms with Gasteiger partial charge in [-0.2, -0.15) is 5.10 Å². The second-order valence-electron chi connectivity index (χ2n) is 5.52. The van der Waals surface area contributed by atoms with Crippen LogP contribution in [0, 0.1) is 0 Å². The Labute approximate surface area is 167 Å². The molecule has 0 fully saturated rings. The van der Waals surface area contributed by atoms with Gasteiger partial charge in [-0.25, -0.2) is 5.43 Å². The standard InChI is InChI=1S/C21H17ClN2O2S/c22-17-8-12-20(13-9-17)27-15-21(25)24-23-14-16-6-10-19(11-7-16)26-18-4-2-1-3-5-18/h1-14H,15H2,(H,24,25)/b23-14-. The van der Waals surface area contributed by atoms with E-state index in [1.165, 1.54) is 11.8 Å². The van der Waals surface area contributed by atoms with Crippen LogP contribution in [0.2, 0.25) is 5.02 Å². The van der Waals surface area contributed by atoms with Gasteiger partial charge in [-0.3, -0.25) is 4.79 Å². The summed E-state index contributed by atoms with van der Waals surface area (Å²) in [7, 11) is 0. The Bertz CT molecular complexity index is 898. The number of rotatable bonds is 7. The molecule has 6 heteroatoms. The number of nitrogens with one attached hydrogen (secondary N) is 1. The van der Waals surface area contributed by atoms with Gasteiger partial charge in [-0.05, 0) is 66.2 Å². The molecule has 3 aromatic carbocycles. The second-order valence-corrected chi connectivity index (χ2v) is 7.01. The molecule has 0 spiro atoms. The van der Waals surface area contributed by atoms with Gasteiger partial charge in [0.2, 0.25) is 5.91 Å². The molecule has 0 unspecified atom stereocenters. The van der Waals surface area contributed by atoms with Crippen molar-refractivity contribution in [2.45, 2.75) is 4.90 Å². The molecule has 0 atom stereocenters. The van der Waals surface area contributed by atoms with E-state index in [1.807, 2.05) is 66.7 Å². The number of carbonyl (C=O) groups excluding carboxylic acids is 1. The first-order valence-corrected chi connectivity index (χ1v) is 9.59. The van der Waals surface area contributed by atoms with Crippen molar-refractivity contribution in [1.29, 1.82) is 0 Å². The van der Waals surface area contributed by atoms with Gasteiger partial charge in [-0.1, -0.05) is 29.8 Å². The fourth-order valence-corrected chi connectivity index (χ4v) is 2.95. The smallest absolute Gasteiger partial charge is 0.250 e. The quantitative estimate of drug-likeness (QED) is 0.331. The summed E-state index contributed by atoms with van der Waals surface area (Å²) in [4.78, 5) is 12.8. The molecule has 0 saturated carbocycles. The molecule has 1 amide bonds. The van der Waals surface area contributed by atoms with Crippen LogP contribution in [0.3, 0.4) is 0 Å². The molecule has 27 heavy (non-hydrogen) atoms. The summed E-state index contributed by atoms with van der Waals surface area (Å²) in [5.41, 5.74) is 3.38. The zero-order valence-corrected chi connectivity index (χ0v) is 15.9. The highest BCUT2D eigenvalue weighted by Gasteiger charge is 2.02. The van der Waals surface area contributed by atoms with Crippen LogP contribution in [0.15, 0.2) is 88.9 Å². The van der Waals surface area contributed by atoms with E-state index in [0.29, 0.717) is 5.02 Å². The largest absolute Gasteiger partial charge is 0.457 e. The molecule has 0 bridgehead atoms. The predicted molar refractivity (Wildman–Crippen MR) is 111 cm³/mol. The zero-order chi connectivity index (χ0) is 18.9. The van der Waals surface area contributed by atoms with Gasteiger partial charge < -0.3 is 4.74 Å². The molecule has 4 nitrogen and oxygen atoms in total. The molecule has 0 saturated heterocycles. The monoisotopic (exact) mass is 396 g/mol. The van der Waals surface area contributed by atoms with E-state index in [0.717, 1.165) is 22.0 Å². The highest BCUT2D eigenvalue weighted by atomic mass is 35.5. The van der Waals surface area contributed by atoms with Gasteiger partial charge in [0.05, 0.1) is 12.0 Å². The fourth-order valence-electron chi connectivity index (χ4n) is 2.14. The maximum Gasteiger partial charge on any atom is 0.250 e. The number of hydrogen-bond donors (Lipinski definition) is 1. The summed E-state index contributed by atoms with van der Waals surface area (Å²) in [5.74, 6) is 1.63. The molecule has 136 valence electrons. The van der Waals surface area contributed by atoms with Crippen molar-refractivity contribution >= 4 is 35.5 Å². The Balaban J connectivity index is 1.44. The first kappa shape index (κ1) is 19.0. The minimum atomic E-state index is -0.171. The minimum absolute atomic E-state index is 0.171. The van der Waals surface area contributed by atoms with Crippen molar-refractivity contribution < 1.29 is 9.53 Å². The Kier molecular flexibility index (Phi) is 6.90. The Morgan fingerprint density at radius 2 is 1.63 bits per heavy atom. The number of amides is 1. The van der Waals surface area contributed by atoms with E-state index in [2.05, 4.69) is 10.5 Å². The molecular formula is C21H17ClN2O2S. The predicted octanol–water partition coefficient (Wildman–Crippen LogP) is 5.37. The third-order valence-corrected chi connectivity index (χ3v) is 4.71. The Morgan fingerprint density at radius 1 is 0.963 bits per heavy atom. The molecule has 0 heterocycles. The first-order chi connectivity index (χ1) is 13.2. The van der Waals surface area contributed by atoms with E-state index in [-0.39, 0.29) is 11.7 Å². The van der Waals surface area contributed by atoms with Crippen molar-refractivity contribution in [1.82, 2.24) is 5.43 Å². The lowest BCUT2D eigenvalue weighted by atomic mass is 10.2. The molecule has 1 N–H and O–H groups in total. The normalized spacial score (nSPS) is 10.7. The van der Waals surface area contributed by atoms with E-state index in [4.69, 9.17) is 16.3 Å². The number of hydrazone groups is 1. The van der Waals surface area contributed by atoms with Gasteiger partial charge in [0.25, 0.3) is 0 Å². The topological polar surface area (TPSA) is 50.7 Å². The van der Waals surface area contributed by atoms with Gasteiger partial charge in [0.1, 0.15) is 11.5 Å². The summed E-state index contributed by atoms with van der Waals surface area (Å²) in [6.07, 6.45) is 1.59. The van der Waals surface area contributed by atoms with Crippen LogP contribution in [-0.2, 0) is 4.79 Å². The molecule has 0 aromatic heterocycles. The fraction of sp³-hybridized carbons (Fsp3) is 0.0476. The Morgan fingerprint density at radius 3 is 2.33 bits per heavy atom. The highest BCUT2D eigenvalue weighted by Crippen LogP contribution is 2.21. The van der Waals surface area contributed by atoms with Crippen LogP contribution in [0.5, 0.6) is 11.5 Å². The number of ether oxygens (including phenoxy) is 1. The molecule has 3 rings (SSSR count). The van der Waals surface area contributed by atoms with Crippen molar-refractivity contribution in [2.24, 2.45) is 5.10 Å². The molecule has 3 aromatic rings. The third kappa shape index (κ3) is 6.47. The zero-order valence-electron chi connectivity index (χ0n) is 14.3. The molecule has 0 radical (unpaired) electrons. The van der Waals surface area contributed by atoms with Crippen molar-refractivity contribution in [3.8, 4) is 11.5 Å². The number of para-hydroxylation sites is 1. The summed E-state index contributed by atoms with van der Waals surface area (Å²) >= 11 is 7.26. The third-order valence-electron chi connectivity index (χ3n) is 3.45. The molecular weight excluding hydrogens is 380 g/mol. The van der Waals surface area contributed by atoms with Crippen LogP contribution < -0.4 is 10.2 Å². The number of thioether (sulfide) groups is 1. The molecule has 0 aliphatic rings. The number of halogens is 1. The van der Waals surface area contributed by atoms with Crippen LogP contribution in [0.25, 0.3) is 0 Å². The highest BCUT2D eigenvalue weighted by molar-refractivity contribution is 8.00. The number of hydrogen-bond acceptors (Lipinski definition) is 4. The summed E-state index contributed by atoms with van der Waals surface area (Å²) in [6, 6.07) is 24.4. The minimum Gasteiger partial charge on any atom is -0.457 e. The first-order valence-electron chi connectivity index (χ1n) is 8.22. The lowest BCUT2D eigenvalue weighted by Crippen LogP contribution is -2.19. The van der Waals surface area contributed by atoms with Crippen LogP contribution >= 0.6 is 23.4 Å². The maximum absolute atomic E-state index is 11.8. The summed E-state index contributed by atoms with van der Waals surface area (Å²) in [6.45, 7) is 0. The lowest BCUT2D eigenvalue weighted by Gasteiger charge is -2.05. The van der Waals surface area contributed by atoms with Gasteiger partial charge in [-0.15, -0.1) is 11.8 Å². The van der Waals surface area contributed by atoms with E-state index in [1.54, 1.807) is 18.3 Å². The Hall–Kier alpha value is -2.76. The van der Waals surface area contributed by atoms with Crippen molar-refractivity contribution in [3.63, 3.8) is 0 Å². The average molecular weight is 397 g/mol. The van der Waals surface area contributed by atoms with Crippen LogP contribution in [-0.4, -0.2) is 17.9 Å². The van der Waals surface area contributed by atoms with Crippen molar-refractivity contribution in [2.75, 3.05) is 5.75 Å². The van der Waals surface area contributed by atoms with Gasteiger partial charge in [0, 0.05) is 9.92 Å². The lowest BCUT2D eigenvalue weighted by molar-refractivity contribution is -0.118. The van der Waals surface area contributed by atoms with Crippen LogP contribution in [0.1, 0.15) is 5.56 Å². The SMILES string of the molecule is O=C(CSc1ccc(Cl)cc1)N/N=C\c1ccc(Oc2ccccc2)cc1. The van der Waals surface area contributed by atoms with Crippen molar-refractivity contribution in [3.05, 3.63) is 89.4 Å². The summed E-state index contributed by atoms with van der Waals surface area (Å²) in [5, 5.41) is 4.66. The molecule has 0 aliphatic heterocycles. The maximum atomic E-state index is 11.8. The van der Waals surface area contributed by atoms with Crippen LogP contribution in [0.4, 0.5) is 0 Å². The second kappa shape index (κ2) is 9.80. The number of carbonyl (C=O) groups is 1. The molecule has 0 aliphatic carbocycles. The van der Waals surface area contributed by atoms with Gasteiger partial charge in [0.15, 0.2) is 0 Å². The number of nitrogens with zero attached hydrogens (tertiary/aromatic N) is 1. The number of benzene rings is 3. The van der Waals surface area contributed by atoms with Gasteiger partial charge >= 0.3 is 0 Å². The van der Waals surface area contributed by atoms with E-state index >= 15 is 0 Å². The van der Waals surface area contributed by atoms with E-state index < -0.39 is 0 Å². The average Bonchev–Trinajstić information content (AvgIpc) is 2.70. The summed E-state index contributed by atoms with van der Waals surface area (Å²) < 4.78 is 5.73.